The van der Waals surface area contributed by atoms with Gasteiger partial charge in [0.1, 0.15) is 29.5 Å². The number of nitrogens with one attached hydrogen (secondary N) is 1. The third kappa shape index (κ3) is 11.5. The van der Waals surface area contributed by atoms with Gasteiger partial charge in [-0.1, -0.05) is 74.5 Å². The van der Waals surface area contributed by atoms with Gasteiger partial charge in [-0.25, -0.2) is 9.59 Å². The molecule has 0 aromatic heterocycles. The number of ether oxygens (including phenoxy) is 6. The van der Waals surface area contributed by atoms with Crippen LogP contribution in [0.4, 0.5) is 4.79 Å². The van der Waals surface area contributed by atoms with Crippen LogP contribution < -0.4 is 5.32 Å². The molecule has 3 fully saturated rings. The lowest BCUT2D eigenvalue weighted by Gasteiger charge is -2.68. The molecular formula is C54H89NO15Si2. The van der Waals surface area contributed by atoms with E-state index in [-0.39, 0.29) is 43.8 Å². The minimum atomic E-state index is -2.67. The highest BCUT2D eigenvalue weighted by Crippen LogP contribution is 2.65. The van der Waals surface area contributed by atoms with Gasteiger partial charge >= 0.3 is 30.0 Å². The molecule has 2 saturated carbocycles. The number of aliphatic hydroxyl groups is 1. The maximum atomic E-state index is 16.5. The number of fused-ring (bicyclic) bond motifs is 6. The second-order valence-corrected chi connectivity index (χ2v) is 32.7. The molecule has 2 heterocycles. The van der Waals surface area contributed by atoms with E-state index in [4.69, 9.17) is 37.3 Å². The van der Waals surface area contributed by atoms with Crippen molar-refractivity contribution in [1.29, 1.82) is 0 Å². The van der Waals surface area contributed by atoms with E-state index in [2.05, 4.69) is 26.1 Å². The molecule has 72 heavy (non-hydrogen) atoms. The third-order valence-corrected chi connectivity index (χ3v) is 26.8. The van der Waals surface area contributed by atoms with Crippen molar-refractivity contribution in [3.63, 3.8) is 0 Å². The highest BCUT2D eigenvalue weighted by atomic mass is 28.4. The summed E-state index contributed by atoms with van der Waals surface area (Å²) in [6.07, 6.45) is -2.86. The standard InChI is InChI=1S/C54H89NO15Si2/c1-17-71(18-2,19-3)69-39-30-40-53(32-63-40,67-36(10)57)45-47-54(62)31-38(34(8)42(51(54,14)15)44(64-35(9)56)46(59)52(39,45)16)65-48(60)43(70-72(20-4,21-5)22-6)37(55-49(61)68-50(11,12)13)28-26-24-23-25-27-33(7)29-41(58)66-47/h23-24,33,37-40,43-45,47,62H,17-22,25-32H2,1-16H3,(H,55,61)/b24-23+/t33-,37-,38-,39-,40+,43+,44+,45-,47-,52+,53-,54+/m0/s1. The number of carbonyl (C=O) groups is 6. The molecule has 18 heteroatoms. The number of allylic oxidation sites excluding steroid dienone is 2. The van der Waals surface area contributed by atoms with Crippen LogP contribution in [-0.4, -0.2) is 124 Å². The first-order valence-electron chi connectivity index (χ1n) is 26.9. The van der Waals surface area contributed by atoms with Gasteiger partial charge in [-0.15, -0.1) is 0 Å². The summed E-state index contributed by atoms with van der Waals surface area (Å²) >= 11 is 0. The van der Waals surface area contributed by atoms with Crippen molar-refractivity contribution in [2.75, 3.05) is 6.61 Å². The van der Waals surface area contributed by atoms with Gasteiger partial charge in [-0.2, -0.15) is 0 Å². The SMILES string of the molecule is CC[Si](CC)(CC)O[C@H]1C[C@H]2OC[C@@]2(OC(C)=O)[C@H]2[C@@H]3OC(=O)C[C@@H](C)CC/C=C/CC[C@H](NC(=O)OC(C)(C)C)[C@@H](O[Si](CC)(CC)CC)C(=O)O[C@H]4C[C@]3(O)C(C)(C)C(=C4C)[C@@H](OC(C)=O)C(=O)[C@]12C. The van der Waals surface area contributed by atoms with Crippen molar-refractivity contribution in [3.05, 3.63) is 23.3 Å². The maximum absolute atomic E-state index is 16.5. The van der Waals surface area contributed by atoms with E-state index in [0.29, 0.717) is 43.0 Å². The summed E-state index contributed by atoms with van der Waals surface area (Å²) in [6.45, 7) is 28.6. The Hall–Kier alpha value is -3.43. The molecule has 12 atom stereocenters. The van der Waals surface area contributed by atoms with Gasteiger partial charge in [-0.3, -0.25) is 19.2 Å². The molecule has 2 N–H and O–H groups in total. The van der Waals surface area contributed by atoms with Crippen molar-refractivity contribution in [2.45, 2.75) is 251 Å². The Morgan fingerprint density at radius 1 is 0.847 bits per heavy atom. The van der Waals surface area contributed by atoms with E-state index in [1.165, 1.54) is 13.8 Å². The largest absolute Gasteiger partial charge is 0.459 e. The zero-order valence-electron chi connectivity index (χ0n) is 46.4. The van der Waals surface area contributed by atoms with Crippen LogP contribution in [0, 0.1) is 22.7 Å². The van der Waals surface area contributed by atoms with E-state index in [1.54, 1.807) is 48.5 Å². The predicted molar refractivity (Wildman–Crippen MR) is 276 cm³/mol. The second-order valence-electron chi connectivity index (χ2n) is 23.2. The van der Waals surface area contributed by atoms with Crippen LogP contribution in [0.3, 0.4) is 0 Å². The predicted octanol–water partition coefficient (Wildman–Crippen LogP) is 9.36. The van der Waals surface area contributed by atoms with Gasteiger partial charge in [0.25, 0.3) is 0 Å². The van der Waals surface area contributed by atoms with Crippen LogP contribution in [0.15, 0.2) is 23.3 Å². The summed E-state index contributed by atoms with van der Waals surface area (Å²) in [5.41, 5.74) is -7.53. The van der Waals surface area contributed by atoms with Crippen molar-refractivity contribution < 1.29 is 71.1 Å². The number of alkyl carbamates (subject to hydrolysis) is 1. The summed E-state index contributed by atoms with van der Waals surface area (Å²) < 4.78 is 52.6. The van der Waals surface area contributed by atoms with E-state index >= 15 is 9.59 Å². The first-order valence-corrected chi connectivity index (χ1v) is 32.0. The summed E-state index contributed by atoms with van der Waals surface area (Å²) in [5.74, 6) is -5.05. The molecule has 5 rings (SSSR count). The topological polar surface area (TPSA) is 209 Å². The number of ketones is 1. The van der Waals surface area contributed by atoms with Crippen LogP contribution in [0.25, 0.3) is 0 Å². The molecule has 5 aliphatic rings. The van der Waals surface area contributed by atoms with Crippen molar-refractivity contribution in [3.8, 4) is 0 Å². The number of Topliss-reactive ketones (excluding diaryl/α,β-unsaturated/α-hetero) is 1. The molecule has 0 unspecified atom stereocenters. The number of amides is 1. The lowest BCUT2D eigenvalue weighted by Crippen LogP contribution is -2.82. The summed E-state index contributed by atoms with van der Waals surface area (Å²) in [7, 11) is -5.28. The Kier molecular flexibility index (Phi) is 18.8. The number of hydrogen-bond acceptors (Lipinski definition) is 15. The van der Waals surface area contributed by atoms with Crippen molar-refractivity contribution >= 4 is 52.4 Å². The van der Waals surface area contributed by atoms with Crippen LogP contribution in [-0.2, 0) is 61.2 Å². The van der Waals surface area contributed by atoms with Crippen LogP contribution >= 0.6 is 0 Å². The smallest absolute Gasteiger partial charge is 0.407 e. The molecule has 16 nitrogen and oxygen atoms in total. The highest BCUT2D eigenvalue weighted by molar-refractivity contribution is 6.74. The molecule has 0 aromatic carbocycles. The van der Waals surface area contributed by atoms with E-state index in [9.17, 15) is 24.3 Å². The number of carbonyl (C=O) groups excluding carboxylic acids is 6. The summed E-state index contributed by atoms with van der Waals surface area (Å²) in [5, 5.41) is 17.3. The zero-order chi connectivity index (χ0) is 54.0. The van der Waals surface area contributed by atoms with Crippen molar-refractivity contribution in [1.82, 2.24) is 5.32 Å². The molecule has 1 amide bonds. The first kappa shape index (κ1) is 59.5. The van der Waals surface area contributed by atoms with Gasteiger partial charge in [0.15, 0.2) is 40.2 Å². The van der Waals surface area contributed by atoms with E-state index in [0.717, 1.165) is 18.1 Å². The molecular weight excluding hydrogens is 959 g/mol. The summed E-state index contributed by atoms with van der Waals surface area (Å²) in [6, 6.07) is 3.22. The monoisotopic (exact) mass is 1050 g/mol. The van der Waals surface area contributed by atoms with Gasteiger partial charge in [-0.05, 0) is 114 Å². The molecule has 0 aromatic rings. The normalized spacial score (nSPS) is 35.1. The number of hydrogen-bond donors (Lipinski definition) is 2. The third-order valence-electron chi connectivity index (χ3n) is 17.5. The van der Waals surface area contributed by atoms with Crippen LogP contribution in [0.2, 0.25) is 36.3 Å². The quantitative estimate of drug-likeness (QED) is 0.0762. The fourth-order valence-electron chi connectivity index (χ4n) is 12.7. The Labute approximate surface area is 431 Å². The Balaban J connectivity index is 1.88. The van der Waals surface area contributed by atoms with E-state index in [1.807, 2.05) is 39.8 Å². The van der Waals surface area contributed by atoms with Crippen LogP contribution in [0.5, 0.6) is 0 Å². The van der Waals surface area contributed by atoms with Gasteiger partial charge < -0.3 is 47.7 Å². The fourth-order valence-corrected chi connectivity index (χ4v) is 18.5. The van der Waals surface area contributed by atoms with Gasteiger partial charge in [0.2, 0.25) is 0 Å². The Morgan fingerprint density at radius 3 is 1.93 bits per heavy atom. The van der Waals surface area contributed by atoms with Crippen molar-refractivity contribution in [2.24, 2.45) is 22.7 Å². The van der Waals surface area contributed by atoms with E-state index < -0.39 is 129 Å². The fraction of sp³-hybridized carbons (Fsp3) is 0.815. The molecule has 3 bridgehead atoms. The average molecular weight is 1050 g/mol. The average Bonchev–Trinajstić information content (AvgIpc) is 3.29. The minimum absolute atomic E-state index is 0.0504. The lowest BCUT2D eigenvalue weighted by molar-refractivity contribution is -0.346. The molecule has 2 aliphatic heterocycles. The van der Waals surface area contributed by atoms with Crippen LogP contribution in [0.1, 0.15) is 156 Å². The number of rotatable bonds is 13. The maximum Gasteiger partial charge on any atom is 0.407 e. The Morgan fingerprint density at radius 2 is 1.42 bits per heavy atom. The molecule has 1 saturated heterocycles. The summed E-state index contributed by atoms with van der Waals surface area (Å²) in [4.78, 5) is 87.4. The highest BCUT2D eigenvalue weighted by Gasteiger charge is 2.79. The lowest BCUT2D eigenvalue weighted by atomic mass is 9.44. The molecule has 3 aliphatic carbocycles. The first-order chi connectivity index (χ1) is 33.5. The van der Waals surface area contributed by atoms with Gasteiger partial charge in [0.05, 0.1) is 30.1 Å². The Bertz CT molecular complexity index is 2060. The minimum Gasteiger partial charge on any atom is -0.459 e. The molecule has 0 spiro atoms. The molecule has 0 radical (unpaired) electrons. The van der Waals surface area contributed by atoms with Gasteiger partial charge in [0, 0.05) is 38.5 Å². The molecule has 408 valence electrons. The number of esters is 4. The zero-order valence-corrected chi connectivity index (χ0v) is 48.4. The second kappa shape index (κ2) is 22.8.